The highest BCUT2D eigenvalue weighted by atomic mass is 16.4. The Hall–Kier alpha value is -1.89. The number of carboxylic acid groups (broad SMARTS) is 1. The minimum absolute atomic E-state index is 0.0127. The van der Waals surface area contributed by atoms with E-state index in [0.717, 1.165) is 0 Å². The molecule has 7 nitrogen and oxygen atoms in total. The molecule has 3 unspecified atom stereocenters. The Bertz CT molecular complexity index is 410. The van der Waals surface area contributed by atoms with Gasteiger partial charge in [-0.05, 0) is 25.2 Å². The lowest BCUT2D eigenvalue weighted by Crippen LogP contribution is -2.50. The zero-order valence-corrected chi connectivity index (χ0v) is 13.5. The molecule has 0 heterocycles. The van der Waals surface area contributed by atoms with Crippen molar-refractivity contribution in [2.24, 2.45) is 17.6 Å². The summed E-state index contributed by atoms with van der Waals surface area (Å²) < 4.78 is 0. The second-order valence-electron chi connectivity index (χ2n) is 5.71. The number of carbonyl (C=O) groups excluding carboxylic acids is 2. The van der Waals surface area contributed by atoms with Crippen molar-refractivity contribution >= 4 is 17.8 Å². The molecule has 0 saturated carbocycles. The zero-order chi connectivity index (χ0) is 17.3. The normalized spacial score (nSPS) is 14.8. The maximum atomic E-state index is 12.0. The van der Waals surface area contributed by atoms with E-state index in [1.165, 1.54) is 7.05 Å². The van der Waals surface area contributed by atoms with E-state index in [4.69, 9.17) is 5.73 Å². The molecular formula is C15H27N3O4. The Morgan fingerprint density at radius 1 is 1.23 bits per heavy atom. The third-order valence-electron chi connectivity index (χ3n) is 3.27. The number of amides is 2. The molecular weight excluding hydrogens is 286 g/mol. The van der Waals surface area contributed by atoms with Gasteiger partial charge in [-0.25, -0.2) is 4.79 Å². The molecule has 5 N–H and O–H groups in total. The lowest BCUT2D eigenvalue weighted by atomic mass is 9.95. The number of hydrogen-bond acceptors (Lipinski definition) is 4. The van der Waals surface area contributed by atoms with Crippen LogP contribution in [0, 0.1) is 11.8 Å². The van der Waals surface area contributed by atoms with Gasteiger partial charge in [-0.2, -0.15) is 0 Å². The molecule has 2 amide bonds. The van der Waals surface area contributed by atoms with Gasteiger partial charge in [0.2, 0.25) is 11.8 Å². The molecule has 0 aliphatic heterocycles. The summed E-state index contributed by atoms with van der Waals surface area (Å²) in [6.07, 6.45) is 2.33. The fourth-order valence-corrected chi connectivity index (χ4v) is 2.12. The average molecular weight is 313 g/mol. The minimum atomic E-state index is -1.19. The summed E-state index contributed by atoms with van der Waals surface area (Å²) in [4.78, 5) is 35.0. The van der Waals surface area contributed by atoms with Crippen LogP contribution in [0.2, 0.25) is 0 Å². The summed E-state index contributed by atoms with van der Waals surface area (Å²) in [5.74, 6) is -2.33. The number of carbonyl (C=O) groups is 3. The van der Waals surface area contributed by atoms with Crippen LogP contribution in [0.15, 0.2) is 12.7 Å². The minimum Gasteiger partial charge on any atom is -0.480 e. The average Bonchev–Trinajstić information content (AvgIpc) is 2.43. The van der Waals surface area contributed by atoms with Crippen LogP contribution in [-0.4, -0.2) is 42.0 Å². The first kappa shape index (κ1) is 20.1. The summed E-state index contributed by atoms with van der Waals surface area (Å²) in [6, 6.07) is -1.92. The Morgan fingerprint density at radius 2 is 1.82 bits per heavy atom. The first-order valence-electron chi connectivity index (χ1n) is 7.34. The number of nitrogens with two attached hydrogens (primary N) is 1. The quantitative estimate of drug-likeness (QED) is 0.431. The number of rotatable bonds is 10. The molecule has 0 aliphatic rings. The molecule has 3 atom stereocenters. The van der Waals surface area contributed by atoms with Crippen LogP contribution in [0.1, 0.15) is 33.1 Å². The first-order valence-corrected chi connectivity index (χ1v) is 7.34. The number of allylic oxidation sites excluding steroid dienone is 1. The van der Waals surface area contributed by atoms with E-state index in [1.807, 2.05) is 13.8 Å². The lowest BCUT2D eigenvalue weighted by Gasteiger charge is -2.22. The first-order chi connectivity index (χ1) is 10.2. The third kappa shape index (κ3) is 7.21. The molecule has 126 valence electrons. The molecule has 0 fully saturated rings. The van der Waals surface area contributed by atoms with Gasteiger partial charge in [-0.1, -0.05) is 19.9 Å². The fraction of sp³-hybridized carbons (Fsp3) is 0.667. The lowest BCUT2D eigenvalue weighted by molar-refractivity contribution is -0.143. The standard InChI is InChI=1S/C15H27N3O4/c1-5-6-10(13(19)17-4)8-12(15(21)22)18-14(20)11(16)7-9(2)3/h5,9-12H,1,6-8,16H2,2-4H3,(H,17,19)(H,18,20)(H,21,22). The van der Waals surface area contributed by atoms with E-state index in [9.17, 15) is 19.5 Å². The van der Waals surface area contributed by atoms with Crippen LogP contribution in [0.5, 0.6) is 0 Å². The molecule has 0 saturated heterocycles. The number of hydrogen-bond donors (Lipinski definition) is 4. The molecule has 7 heteroatoms. The highest BCUT2D eigenvalue weighted by Crippen LogP contribution is 2.13. The molecule has 0 aromatic carbocycles. The molecule has 22 heavy (non-hydrogen) atoms. The van der Waals surface area contributed by atoms with Gasteiger partial charge < -0.3 is 21.5 Å². The van der Waals surface area contributed by atoms with Gasteiger partial charge in [0.1, 0.15) is 6.04 Å². The van der Waals surface area contributed by atoms with Crippen LogP contribution in [0.3, 0.4) is 0 Å². The Balaban J connectivity index is 4.84. The molecule has 0 spiro atoms. The van der Waals surface area contributed by atoms with E-state index in [1.54, 1.807) is 6.08 Å². The molecule has 0 radical (unpaired) electrons. The molecule has 0 aromatic rings. The van der Waals surface area contributed by atoms with Gasteiger partial charge in [-0.15, -0.1) is 6.58 Å². The Morgan fingerprint density at radius 3 is 2.23 bits per heavy atom. The van der Waals surface area contributed by atoms with Crippen LogP contribution in [-0.2, 0) is 14.4 Å². The van der Waals surface area contributed by atoms with E-state index in [2.05, 4.69) is 17.2 Å². The summed E-state index contributed by atoms with van der Waals surface area (Å²) >= 11 is 0. The van der Waals surface area contributed by atoms with Crippen molar-refractivity contribution in [3.05, 3.63) is 12.7 Å². The van der Waals surface area contributed by atoms with Crippen molar-refractivity contribution in [2.45, 2.75) is 45.2 Å². The van der Waals surface area contributed by atoms with Gasteiger partial charge in [0.15, 0.2) is 0 Å². The highest BCUT2D eigenvalue weighted by Gasteiger charge is 2.28. The van der Waals surface area contributed by atoms with Crippen LogP contribution in [0.4, 0.5) is 0 Å². The number of aliphatic carboxylic acids is 1. The largest absolute Gasteiger partial charge is 0.480 e. The van der Waals surface area contributed by atoms with E-state index in [0.29, 0.717) is 12.8 Å². The summed E-state index contributed by atoms with van der Waals surface area (Å²) in [5.41, 5.74) is 5.74. The van der Waals surface area contributed by atoms with E-state index < -0.39 is 29.9 Å². The predicted molar refractivity (Wildman–Crippen MR) is 84.0 cm³/mol. The van der Waals surface area contributed by atoms with Gasteiger partial charge in [-0.3, -0.25) is 9.59 Å². The number of carboxylic acids is 1. The SMILES string of the molecule is C=CCC(CC(NC(=O)C(N)CC(C)C)C(=O)O)C(=O)NC. The van der Waals surface area contributed by atoms with Crippen LogP contribution in [0.25, 0.3) is 0 Å². The Labute approximate surface area is 131 Å². The third-order valence-corrected chi connectivity index (χ3v) is 3.27. The Kier molecular flexibility index (Phi) is 9.09. The second-order valence-corrected chi connectivity index (χ2v) is 5.71. The van der Waals surface area contributed by atoms with Gasteiger partial charge in [0, 0.05) is 13.0 Å². The topological polar surface area (TPSA) is 122 Å². The van der Waals surface area contributed by atoms with Crippen molar-refractivity contribution < 1.29 is 19.5 Å². The molecule has 0 rings (SSSR count). The summed E-state index contributed by atoms with van der Waals surface area (Å²) in [5, 5.41) is 14.1. The van der Waals surface area contributed by atoms with E-state index >= 15 is 0 Å². The second kappa shape index (κ2) is 9.94. The summed E-state index contributed by atoms with van der Waals surface area (Å²) in [7, 11) is 1.48. The monoisotopic (exact) mass is 313 g/mol. The van der Waals surface area contributed by atoms with Gasteiger partial charge in [0.25, 0.3) is 0 Å². The van der Waals surface area contributed by atoms with Gasteiger partial charge in [0.05, 0.1) is 6.04 Å². The highest BCUT2D eigenvalue weighted by molar-refractivity contribution is 5.87. The van der Waals surface area contributed by atoms with Crippen molar-refractivity contribution in [1.82, 2.24) is 10.6 Å². The smallest absolute Gasteiger partial charge is 0.326 e. The summed E-state index contributed by atoms with van der Waals surface area (Å²) in [6.45, 7) is 7.40. The van der Waals surface area contributed by atoms with Crippen molar-refractivity contribution in [3.8, 4) is 0 Å². The maximum Gasteiger partial charge on any atom is 0.326 e. The van der Waals surface area contributed by atoms with Crippen LogP contribution < -0.4 is 16.4 Å². The van der Waals surface area contributed by atoms with E-state index in [-0.39, 0.29) is 18.2 Å². The van der Waals surface area contributed by atoms with Crippen molar-refractivity contribution in [3.63, 3.8) is 0 Å². The molecule has 0 bridgehead atoms. The molecule has 0 aliphatic carbocycles. The predicted octanol–water partition coefficient (Wildman–Crippen LogP) is 0.258. The molecule has 0 aromatic heterocycles. The number of nitrogens with one attached hydrogen (secondary N) is 2. The zero-order valence-electron chi connectivity index (χ0n) is 13.5. The maximum absolute atomic E-state index is 12.0. The van der Waals surface area contributed by atoms with Crippen molar-refractivity contribution in [2.75, 3.05) is 7.05 Å². The van der Waals surface area contributed by atoms with Crippen molar-refractivity contribution in [1.29, 1.82) is 0 Å². The van der Waals surface area contributed by atoms with Crippen LogP contribution >= 0.6 is 0 Å². The van der Waals surface area contributed by atoms with Gasteiger partial charge >= 0.3 is 5.97 Å². The fourth-order valence-electron chi connectivity index (χ4n) is 2.12.